The Bertz CT molecular complexity index is 826. The largest absolute Gasteiger partial charge is 0.418 e. The van der Waals surface area contributed by atoms with Crippen molar-refractivity contribution in [2.75, 3.05) is 18.4 Å². The third-order valence-electron chi connectivity index (χ3n) is 4.33. The molecule has 1 amide bonds. The predicted octanol–water partition coefficient (Wildman–Crippen LogP) is 4.60. The molecular formula is C20H20F3N3O. The van der Waals surface area contributed by atoms with Crippen molar-refractivity contribution in [2.24, 2.45) is 0 Å². The van der Waals surface area contributed by atoms with Crippen LogP contribution < -0.4 is 5.32 Å². The van der Waals surface area contributed by atoms with Gasteiger partial charge in [-0.25, -0.2) is 0 Å². The number of amides is 1. The predicted molar refractivity (Wildman–Crippen MR) is 96.9 cm³/mol. The highest BCUT2D eigenvalue weighted by Crippen LogP contribution is 2.34. The molecule has 2 aromatic rings. The molecule has 1 atom stereocenters. The molecule has 27 heavy (non-hydrogen) atoms. The number of benzene rings is 2. The van der Waals surface area contributed by atoms with Crippen LogP contribution >= 0.6 is 0 Å². The van der Waals surface area contributed by atoms with Crippen molar-refractivity contribution in [3.8, 4) is 6.07 Å². The molecule has 0 fully saturated rings. The van der Waals surface area contributed by atoms with Gasteiger partial charge in [0.25, 0.3) is 0 Å². The number of hydrogen-bond acceptors (Lipinski definition) is 3. The first-order chi connectivity index (χ1) is 12.8. The number of nitriles is 1. The summed E-state index contributed by atoms with van der Waals surface area (Å²) in [6, 6.07) is 13.8. The quantitative estimate of drug-likeness (QED) is 0.803. The molecule has 1 N–H and O–H groups in total. The fraction of sp³-hybridized carbons (Fsp3) is 0.300. The van der Waals surface area contributed by atoms with E-state index in [2.05, 4.69) is 5.32 Å². The van der Waals surface area contributed by atoms with E-state index in [-0.39, 0.29) is 18.3 Å². The molecule has 0 bridgehead atoms. The Balaban J connectivity index is 2.10. The first kappa shape index (κ1) is 20.5. The van der Waals surface area contributed by atoms with Crippen LogP contribution in [0.2, 0.25) is 0 Å². The van der Waals surface area contributed by atoms with Gasteiger partial charge in [-0.2, -0.15) is 18.4 Å². The molecule has 7 heteroatoms. The molecule has 0 saturated heterocycles. The van der Waals surface area contributed by atoms with Crippen molar-refractivity contribution in [1.82, 2.24) is 4.90 Å². The number of para-hydroxylation sites is 1. The Morgan fingerprint density at radius 3 is 2.37 bits per heavy atom. The lowest BCUT2D eigenvalue weighted by Gasteiger charge is -2.27. The minimum atomic E-state index is -4.54. The monoisotopic (exact) mass is 375 g/mol. The van der Waals surface area contributed by atoms with Gasteiger partial charge in [0, 0.05) is 6.04 Å². The molecule has 0 aliphatic carbocycles. The number of alkyl halides is 3. The van der Waals surface area contributed by atoms with Gasteiger partial charge in [-0.3, -0.25) is 9.69 Å². The van der Waals surface area contributed by atoms with Gasteiger partial charge in [-0.15, -0.1) is 0 Å². The Labute approximate surface area is 156 Å². The number of rotatable bonds is 6. The van der Waals surface area contributed by atoms with Crippen molar-refractivity contribution in [2.45, 2.75) is 26.1 Å². The highest BCUT2D eigenvalue weighted by atomic mass is 19.4. The molecular weight excluding hydrogens is 355 g/mol. The number of hydrogen-bond donors (Lipinski definition) is 1. The van der Waals surface area contributed by atoms with Gasteiger partial charge in [-0.05, 0) is 43.3 Å². The number of likely N-dealkylation sites (N-methyl/N-ethyl adjacent to an activating group) is 1. The summed E-state index contributed by atoms with van der Waals surface area (Å²) in [5, 5.41) is 11.2. The van der Waals surface area contributed by atoms with Crippen molar-refractivity contribution >= 4 is 11.6 Å². The molecule has 1 unspecified atom stereocenters. The summed E-state index contributed by atoms with van der Waals surface area (Å²) in [4.78, 5) is 14.2. The topological polar surface area (TPSA) is 56.1 Å². The standard InChI is InChI=1S/C20H20F3N3O/c1-3-26(14(2)16-10-8-15(12-24)9-11-16)13-19(27)25-18-7-5-4-6-17(18)20(21,22)23/h4-11,14H,3,13H2,1-2H3,(H,25,27). The average molecular weight is 375 g/mol. The van der Waals surface area contributed by atoms with Gasteiger partial charge in [0.15, 0.2) is 0 Å². The van der Waals surface area contributed by atoms with E-state index in [4.69, 9.17) is 5.26 Å². The van der Waals surface area contributed by atoms with Crippen LogP contribution in [-0.4, -0.2) is 23.9 Å². The minimum Gasteiger partial charge on any atom is -0.324 e. The van der Waals surface area contributed by atoms with E-state index in [9.17, 15) is 18.0 Å². The maximum absolute atomic E-state index is 13.1. The molecule has 142 valence electrons. The molecule has 0 heterocycles. The summed E-state index contributed by atoms with van der Waals surface area (Å²) < 4.78 is 39.2. The maximum Gasteiger partial charge on any atom is 0.418 e. The minimum absolute atomic E-state index is 0.0517. The van der Waals surface area contributed by atoms with E-state index in [1.807, 2.05) is 36.9 Å². The number of anilines is 1. The summed E-state index contributed by atoms with van der Waals surface area (Å²) in [7, 11) is 0. The van der Waals surface area contributed by atoms with Crippen LogP contribution in [0.3, 0.4) is 0 Å². The van der Waals surface area contributed by atoms with E-state index in [0.717, 1.165) is 11.6 Å². The molecule has 0 saturated carbocycles. The zero-order chi connectivity index (χ0) is 20.0. The van der Waals surface area contributed by atoms with Crippen molar-refractivity contribution in [3.05, 3.63) is 65.2 Å². The maximum atomic E-state index is 13.1. The summed E-state index contributed by atoms with van der Waals surface area (Å²) >= 11 is 0. The number of carbonyl (C=O) groups excluding carboxylic acids is 1. The second-order valence-electron chi connectivity index (χ2n) is 6.06. The third kappa shape index (κ3) is 5.31. The fourth-order valence-corrected chi connectivity index (χ4v) is 2.78. The van der Waals surface area contributed by atoms with Crippen LogP contribution in [0.5, 0.6) is 0 Å². The van der Waals surface area contributed by atoms with E-state index >= 15 is 0 Å². The van der Waals surface area contributed by atoms with Crippen molar-refractivity contribution in [3.63, 3.8) is 0 Å². The zero-order valence-corrected chi connectivity index (χ0v) is 15.0. The van der Waals surface area contributed by atoms with Gasteiger partial charge >= 0.3 is 6.18 Å². The summed E-state index contributed by atoms with van der Waals surface area (Å²) in [6.45, 7) is 4.26. The van der Waals surface area contributed by atoms with E-state index in [1.54, 1.807) is 12.1 Å². The van der Waals surface area contributed by atoms with E-state index < -0.39 is 17.6 Å². The number of halogens is 3. The number of nitrogens with one attached hydrogen (secondary N) is 1. The molecule has 0 aliphatic rings. The lowest BCUT2D eigenvalue weighted by Crippen LogP contribution is -2.35. The summed E-state index contributed by atoms with van der Waals surface area (Å²) in [6.07, 6.45) is -4.54. The Morgan fingerprint density at radius 2 is 1.81 bits per heavy atom. The molecule has 0 spiro atoms. The number of nitrogens with zero attached hydrogens (tertiary/aromatic N) is 2. The third-order valence-corrected chi connectivity index (χ3v) is 4.33. The van der Waals surface area contributed by atoms with Gasteiger partial charge in [0.1, 0.15) is 0 Å². The normalized spacial score (nSPS) is 12.5. The lowest BCUT2D eigenvalue weighted by atomic mass is 10.0. The Kier molecular flexibility index (Phi) is 6.59. The van der Waals surface area contributed by atoms with Crippen LogP contribution in [-0.2, 0) is 11.0 Å². The number of carbonyl (C=O) groups is 1. The highest BCUT2D eigenvalue weighted by molar-refractivity contribution is 5.93. The van der Waals surface area contributed by atoms with Gasteiger partial charge in [0.2, 0.25) is 5.91 Å². The highest BCUT2D eigenvalue weighted by Gasteiger charge is 2.33. The second-order valence-corrected chi connectivity index (χ2v) is 6.06. The summed E-state index contributed by atoms with van der Waals surface area (Å²) in [5.74, 6) is -0.519. The van der Waals surface area contributed by atoms with Gasteiger partial charge < -0.3 is 5.32 Å². The van der Waals surface area contributed by atoms with E-state index in [1.165, 1.54) is 18.2 Å². The molecule has 2 aromatic carbocycles. The molecule has 0 aromatic heterocycles. The Morgan fingerprint density at radius 1 is 1.19 bits per heavy atom. The first-order valence-electron chi connectivity index (χ1n) is 8.46. The molecule has 4 nitrogen and oxygen atoms in total. The van der Waals surface area contributed by atoms with Crippen LogP contribution in [0, 0.1) is 11.3 Å². The SMILES string of the molecule is CCN(CC(=O)Nc1ccccc1C(F)(F)F)C(C)c1ccc(C#N)cc1. The summed E-state index contributed by atoms with van der Waals surface area (Å²) in [5.41, 5.74) is 0.327. The molecule has 0 aliphatic heterocycles. The van der Waals surface area contributed by atoms with Gasteiger partial charge in [0.05, 0.1) is 29.4 Å². The van der Waals surface area contributed by atoms with E-state index in [0.29, 0.717) is 12.1 Å². The van der Waals surface area contributed by atoms with Crippen LogP contribution in [0.15, 0.2) is 48.5 Å². The first-order valence-corrected chi connectivity index (χ1v) is 8.46. The smallest absolute Gasteiger partial charge is 0.324 e. The molecule has 0 radical (unpaired) electrons. The lowest BCUT2D eigenvalue weighted by molar-refractivity contribution is -0.137. The molecule has 2 rings (SSSR count). The van der Waals surface area contributed by atoms with Crippen LogP contribution in [0.25, 0.3) is 0 Å². The van der Waals surface area contributed by atoms with Crippen molar-refractivity contribution in [1.29, 1.82) is 5.26 Å². The van der Waals surface area contributed by atoms with Gasteiger partial charge in [-0.1, -0.05) is 31.2 Å². The Hall–Kier alpha value is -2.85. The average Bonchev–Trinajstić information content (AvgIpc) is 2.65. The fourth-order valence-electron chi connectivity index (χ4n) is 2.78. The van der Waals surface area contributed by atoms with Crippen LogP contribution in [0.4, 0.5) is 18.9 Å². The zero-order valence-electron chi connectivity index (χ0n) is 15.0. The van der Waals surface area contributed by atoms with Crippen molar-refractivity contribution < 1.29 is 18.0 Å². The van der Waals surface area contributed by atoms with Crippen LogP contribution in [0.1, 0.15) is 36.6 Å². The second kappa shape index (κ2) is 8.69.